The van der Waals surface area contributed by atoms with Crippen LogP contribution in [0.1, 0.15) is 19.8 Å². The van der Waals surface area contributed by atoms with Crippen molar-refractivity contribution in [2.45, 2.75) is 25.8 Å². The van der Waals surface area contributed by atoms with E-state index in [1.165, 1.54) is 0 Å². The van der Waals surface area contributed by atoms with Crippen LogP contribution in [0.3, 0.4) is 0 Å². The van der Waals surface area contributed by atoms with Gasteiger partial charge in [0.05, 0.1) is 6.04 Å². The lowest BCUT2D eigenvalue weighted by Crippen LogP contribution is -2.40. The highest BCUT2D eigenvalue weighted by molar-refractivity contribution is 5.79. The number of amides is 1. The topological polar surface area (TPSA) is 55.1 Å². The quantitative estimate of drug-likeness (QED) is 0.432. The zero-order chi connectivity index (χ0) is 8.69. The van der Waals surface area contributed by atoms with Gasteiger partial charge in [0.2, 0.25) is 5.91 Å². The molecule has 0 aliphatic carbocycles. The molecule has 1 unspecified atom stereocenters. The van der Waals surface area contributed by atoms with E-state index in [1.54, 1.807) is 6.08 Å². The van der Waals surface area contributed by atoms with Gasteiger partial charge in [0, 0.05) is 0 Å². The summed E-state index contributed by atoms with van der Waals surface area (Å²) in [6, 6.07) is -0.185. The normalized spacial score (nSPS) is 12.5. The summed E-state index contributed by atoms with van der Waals surface area (Å²) in [4.78, 5) is 10.7. The van der Waals surface area contributed by atoms with Crippen LogP contribution in [0.25, 0.3) is 0 Å². The minimum Gasteiger partial charge on any atom is -0.368 e. The molecule has 0 aliphatic rings. The Labute approximate surface area is 67.7 Å². The largest absolute Gasteiger partial charge is 0.368 e. The molecule has 3 nitrogen and oxygen atoms in total. The minimum atomic E-state index is -0.281. The second-order valence-corrected chi connectivity index (χ2v) is 2.39. The van der Waals surface area contributed by atoms with E-state index < -0.39 is 0 Å². The van der Waals surface area contributed by atoms with Crippen molar-refractivity contribution in [3.8, 4) is 0 Å². The van der Waals surface area contributed by atoms with Gasteiger partial charge in [-0.05, 0) is 19.4 Å². The molecule has 3 N–H and O–H groups in total. The molecule has 0 bridgehead atoms. The molecule has 0 aliphatic heterocycles. The number of primary amides is 1. The van der Waals surface area contributed by atoms with E-state index in [0.717, 1.165) is 19.4 Å². The van der Waals surface area contributed by atoms with Crippen LogP contribution in [0, 0.1) is 0 Å². The molecule has 0 rings (SSSR count). The molecule has 1 atom stereocenters. The van der Waals surface area contributed by atoms with Gasteiger partial charge in [-0.15, -0.1) is 6.58 Å². The van der Waals surface area contributed by atoms with E-state index in [4.69, 9.17) is 5.73 Å². The molecule has 3 heteroatoms. The van der Waals surface area contributed by atoms with Crippen molar-refractivity contribution in [2.75, 3.05) is 6.54 Å². The summed E-state index contributed by atoms with van der Waals surface area (Å²) < 4.78 is 0. The Bertz CT molecular complexity index is 134. The zero-order valence-corrected chi connectivity index (χ0v) is 6.97. The lowest BCUT2D eigenvalue weighted by Gasteiger charge is -2.11. The van der Waals surface area contributed by atoms with Crippen LogP contribution in [0.2, 0.25) is 0 Å². The van der Waals surface area contributed by atoms with Crippen molar-refractivity contribution in [3.63, 3.8) is 0 Å². The molecule has 0 radical (unpaired) electrons. The number of nitrogens with two attached hydrogens (primary N) is 1. The van der Waals surface area contributed by atoms with Gasteiger partial charge in [0.15, 0.2) is 0 Å². The summed E-state index contributed by atoms with van der Waals surface area (Å²) in [7, 11) is 0. The smallest absolute Gasteiger partial charge is 0.234 e. The highest BCUT2D eigenvalue weighted by Crippen LogP contribution is 1.89. The van der Waals surface area contributed by atoms with Gasteiger partial charge in [0.1, 0.15) is 0 Å². The standard InChI is InChI=1S/C8H16N2O/c1-3-5-6-10-7(4-2)8(9)11/h3,7,10H,1,4-6H2,2H3,(H2,9,11). The van der Waals surface area contributed by atoms with Crippen LogP contribution in [-0.4, -0.2) is 18.5 Å². The summed E-state index contributed by atoms with van der Waals surface area (Å²) in [5, 5.41) is 3.02. The molecule has 0 fully saturated rings. The number of hydrogen-bond acceptors (Lipinski definition) is 2. The molecule has 1 amide bonds. The van der Waals surface area contributed by atoms with Crippen LogP contribution < -0.4 is 11.1 Å². The van der Waals surface area contributed by atoms with Crippen molar-refractivity contribution in [1.82, 2.24) is 5.32 Å². The summed E-state index contributed by atoms with van der Waals surface area (Å²) in [5.41, 5.74) is 5.10. The Morgan fingerprint density at radius 3 is 2.82 bits per heavy atom. The zero-order valence-electron chi connectivity index (χ0n) is 6.97. The molecule has 0 aromatic heterocycles. The van der Waals surface area contributed by atoms with E-state index in [9.17, 15) is 4.79 Å². The number of rotatable bonds is 6. The van der Waals surface area contributed by atoms with Crippen LogP contribution >= 0.6 is 0 Å². The third-order valence-electron chi connectivity index (χ3n) is 1.49. The predicted molar refractivity (Wildman–Crippen MR) is 46.1 cm³/mol. The SMILES string of the molecule is C=CCCNC(CC)C(N)=O. The maximum absolute atomic E-state index is 10.7. The van der Waals surface area contributed by atoms with Gasteiger partial charge in [-0.25, -0.2) is 0 Å². The maximum atomic E-state index is 10.7. The Morgan fingerprint density at radius 2 is 2.45 bits per heavy atom. The fraction of sp³-hybridized carbons (Fsp3) is 0.625. The summed E-state index contributed by atoms with van der Waals surface area (Å²) in [6.45, 7) is 6.27. The molecule has 0 heterocycles. The highest BCUT2D eigenvalue weighted by Gasteiger charge is 2.09. The average Bonchev–Trinajstić information content (AvgIpc) is 1.97. The first-order chi connectivity index (χ1) is 5.22. The molecular weight excluding hydrogens is 140 g/mol. The van der Waals surface area contributed by atoms with E-state index in [0.29, 0.717) is 0 Å². The average molecular weight is 156 g/mol. The lowest BCUT2D eigenvalue weighted by atomic mass is 10.2. The number of carbonyl (C=O) groups is 1. The lowest BCUT2D eigenvalue weighted by molar-refractivity contribution is -0.120. The third-order valence-corrected chi connectivity index (χ3v) is 1.49. The van der Waals surface area contributed by atoms with Crippen molar-refractivity contribution in [2.24, 2.45) is 5.73 Å². The van der Waals surface area contributed by atoms with Gasteiger partial charge < -0.3 is 11.1 Å². The van der Waals surface area contributed by atoms with Gasteiger partial charge in [-0.3, -0.25) is 4.79 Å². The summed E-state index contributed by atoms with van der Waals surface area (Å²) in [5.74, 6) is -0.281. The van der Waals surface area contributed by atoms with E-state index in [1.807, 2.05) is 6.92 Å². The minimum absolute atomic E-state index is 0.185. The van der Waals surface area contributed by atoms with Gasteiger partial charge in [-0.2, -0.15) is 0 Å². The Morgan fingerprint density at radius 1 is 1.82 bits per heavy atom. The predicted octanol–water partition coefficient (Wildman–Crippen LogP) is 0.416. The van der Waals surface area contributed by atoms with Gasteiger partial charge in [-0.1, -0.05) is 13.0 Å². The number of nitrogens with one attached hydrogen (secondary N) is 1. The summed E-state index contributed by atoms with van der Waals surface area (Å²) in [6.07, 6.45) is 3.41. The molecule has 11 heavy (non-hydrogen) atoms. The molecule has 0 aromatic carbocycles. The van der Waals surface area contributed by atoms with Gasteiger partial charge in [0.25, 0.3) is 0 Å². The van der Waals surface area contributed by atoms with Gasteiger partial charge >= 0.3 is 0 Å². The first kappa shape index (κ1) is 10.2. The summed E-state index contributed by atoms with van der Waals surface area (Å²) >= 11 is 0. The second kappa shape index (κ2) is 5.92. The Kier molecular flexibility index (Phi) is 5.47. The van der Waals surface area contributed by atoms with Crippen LogP contribution in [0.4, 0.5) is 0 Å². The molecule has 0 spiro atoms. The monoisotopic (exact) mass is 156 g/mol. The van der Waals surface area contributed by atoms with Crippen molar-refractivity contribution >= 4 is 5.91 Å². The third kappa shape index (κ3) is 4.56. The second-order valence-electron chi connectivity index (χ2n) is 2.39. The first-order valence-electron chi connectivity index (χ1n) is 3.86. The number of hydrogen-bond donors (Lipinski definition) is 2. The molecule has 64 valence electrons. The molecular formula is C8H16N2O. The van der Waals surface area contributed by atoms with Crippen molar-refractivity contribution in [1.29, 1.82) is 0 Å². The molecule has 0 saturated heterocycles. The van der Waals surface area contributed by atoms with Crippen molar-refractivity contribution < 1.29 is 4.79 Å². The highest BCUT2D eigenvalue weighted by atomic mass is 16.1. The number of carbonyl (C=O) groups excluding carboxylic acids is 1. The van der Waals surface area contributed by atoms with E-state index >= 15 is 0 Å². The fourth-order valence-corrected chi connectivity index (χ4v) is 0.806. The first-order valence-corrected chi connectivity index (χ1v) is 3.86. The van der Waals surface area contributed by atoms with Crippen molar-refractivity contribution in [3.05, 3.63) is 12.7 Å². The van der Waals surface area contributed by atoms with E-state index in [-0.39, 0.29) is 11.9 Å². The van der Waals surface area contributed by atoms with Crippen LogP contribution in [0.5, 0.6) is 0 Å². The fourth-order valence-electron chi connectivity index (χ4n) is 0.806. The van der Waals surface area contributed by atoms with E-state index in [2.05, 4.69) is 11.9 Å². The van der Waals surface area contributed by atoms with Crippen LogP contribution in [-0.2, 0) is 4.79 Å². The molecule has 0 saturated carbocycles. The molecule has 0 aromatic rings. The maximum Gasteiger partial charge on any atom is 0.234 e. The Balaban J connectivity index is 3.52. The van der Waals surface area contributed by atoms with Crippen LogP contribution in [0.15, 0.2) is 12.7 Å². The Hall–Kier alpha value is -0.830.